The summed E-state index contributed by atoms with van der Waals surface area (Å²) in [5, 5.41) is 0. The van der Waals surface area contributed by atoms with E-state index in [1.165, 1.54) is 6.42 Å². The van der Waals surface area contributed by atoms with Crippen LogP contribution in [0.4, 0.5) is 0 Å². The van der Waals surface area contributed by atoms with Gasteiger partial charge in [-0.25, -0.2) is 0 Å². The van der Waals surface area contributed by atoms with Crippen LogP contribution in [0.25, 0.3) is 0 Å². The lowest BCUT2D eigenvalue weighted by Crippen LogP contribution is -2.31. The topological polar surface area (TPSA) is 20.3 Å². The average molecular weight is 193 g/mol. The quantitative estimate of drug-likeness (QED) is 0.628. The van der Waals surface area contributed by atoms with Gasteiger partial charge in [0.25, 0.3) is 0 Å². The number of carbonyl (C=O) groups excluding carboxylic acids is 1. The highest BCUT2D eigenvalue weighted by molar-refractivity contribution is 5.76. The van der Waals surface area contributed by atoms with Crippen molar-refractivity contribution in [3.05, 3.63) is 0 Å². The highest BCUT2D eigenvalue weighted by Crippen LogP contribution is 2.20. The number of rotatable bonds is 3. The third kappa shape index (κ3) is 3.06. The summed E-state index contributed by atoms with van der Waals surface area (Å²) in [6.07, 6.45) is 9.98. The number of hydrogen-bond acceptors (Lipinski definition) is 1. The first kappa shape index (κ1) is 11.1. The second-order valence-corrected chi connectivity index (χ2v) is 3.94. The molecule has 0 aromatic heterocycles. The van der Waals surface area contributed by atoms with Gasteiger partial charge < -0.3 is 4.90 Å². The summed E-state index contributed by atoms with van der Waals surface area (Å²) in [5.41, 5.74) is 0. The Kier molecular flexibility index (Phi) is 4.52. The summed E-state index contributed by atoms with van der Waals surface area (Å²) in [5.74, 6) is 3.61. The van der Waals surface area contributed by atoms with E-state index < -0.39 is 0 Å². The molecule has 2 nitrogen and oxygen atoms in total. The molecule has 1 aliphatic heterocycles. The van der Waals surface area contributed by atoms with Gasteiger partial charge in [-0.1, -0.05) is 13.3 Å². The highest BCUT2D eigenvalue weighted by atomic mass is 16.2. The van der Waals surface area contributed by atoms with Gasteiger partial charge >= 0.3 is 0 Å². The molecule has 1 amide bonds. The molecular formula is C12H19NO. The van der Waals surface area contributed by atoms with Crippen LogP contribution in [0.1, 0.15) is 39.0 Å². The largest absolute Gasteiger partial charge is 0.342 e. The SMILES string of the molecule is C#CCCN1CCC(CC)CCC1=O. The van der Waals surface area contributed by atoms with Crippen molar-refractivity contribution >= 4 is 5.91 Å². The van der Waals surface area contributed by atoms with E-state index in [0.29, 0.717) is 12.8 Å². The third-order valence-corrected chi connectivity index (χ3v) is 3.03. The lowest BCUT2D eigenvalue weighted by Gasteiger charge is -2.19. The van der Waals surface area contributed by atoms with E-state index in [0.717, 1.165) is 31.8 Å². The number of nitrogens with zero attached hydrogens (tertiary/aromatic N) is 1. The summed E-state index contributed by atoms with van der Waals surface area (Å²) >= 11 is 0. The van der Waals surface area contributed by atoms with Gasteiger partial charge in [0, 0.05) is 25.9 Å². The summed E-state index contributed by atoms with van der Waals surface area (Å²) in [7, 11) is 0. The van der Waals surface area contributed by atoms with Gasteiger partial charge in [-0.3, -0.25) is 4.79 Å². The van der Waals surface area contributed by atoms with Crippen LogP contribution in [-0.2, 0) is 4.79 Å². The van der Waals surface area contributed by atoms with E-state index in [1.807, 2.05) is 4.90 Å². The normalized spacial score (nSPS) is 23.0. The van der Waals surface area contributed by atoms with Crippen molar-refractivity contribution in [2.45, 2.75) is 39.0 Å². The van der Waals surface area contributed by atoms with Crippen LogP contribution < -0.4 is 0 Å². The van der Waals surface area contributed by atoms with Crippen LogP contribution >= 0.6 is 0 Å². The van der Waals surface area contributed by atoms with Crippen molar-refractivity contribution in [1.82, 2.24) is 4.90 Å². The third-order valence-electron chi connectivity index (χ3n) is 3.03. The maximum absolute atomic E-state index is 11.6. The lowest BCUT2D eigenvalue weighted by molar-refractivity contribution is -0.130. The van der Waals surface area contributed by atoms with Gasteiger partial charge in [0.1, 0.15) is 0 Å². The molecule has 1 saturated heterocycles. The Hall–Kier alpha value is -0.970. The average Bonchev–Trinajstić information content (AvgIpc) is 2.38. The second kappa shape index (κ2) is 5.70. The number of likely N-dealkylation sites (tertiary alicyclic amines) is 1. The predicted molar refractivity (Wildman–Crippen MR) is 57.7 cm³/mol. The maximum atomic E-state index is 11.6. The van der Waals surface area contributed by atoms with E-state index in [1.54, 1.807) is 0 Å². The van der Waals surface area contributed by atoms with Crippen molar-refractivity contribution in [2.75, 3.05) is 13.1 Å². The van der Waals surface area contributed by atoms with Crippen molar-refractivity contribution in [3.63, 3.8) is 0 Å². The minimum absolute atomic E-state index is 0.288. The fraction of sp³-hybridized carbons (Fsp3) is 0.750. The molecule has 0 bridgehead atoms. The van der Waals surface area contributed by atoms with E-state index in [9.17, 15) is 4.79 Å². The van der Waals surface area contributed by atoms with Crippen LogP contribution in [-0.4, -0.2) is 23.9 Å². The van der Waals surface area contributed by atoms with Gasteiger partial charge in [0.15, 0.2) is 0 Å². The lowest BCUT2D eigenvalue weighted by atomic mass is 9.98. The Balaban J connectivity index is 2.44. The molecular weight excluding hydrogens is 174 g/mol. The molecule has 1 heterocycles. The van der Waals surface area contributed by atoms with Crippen LogP contribution in [0.2, 0.25) is 0 Å². The zero-order valence-electron chi connectivity index (χ0n) is 8.96. The Bertz CT molecular complexity index is 229. The standard InChI is InChI=1S/C12H19NO/c1-3-5-9-13-10-8-11(4-2)6-7-12(13)14/h1,11H,4-10H2,2H3. The molecule has 14 heavy (non-hydrogen) atoms. The number of carbonyl (C=O) groups is 1. The molecule has 1 aliphatic rings. The van der Waals surface area contributed by atoms with E-state index in [2.05, 4.69) is 12.8 Å². The highest BCUT2D eigenvalue weighted by Gasteiger charge is 2.20. The van der Waals surface area contributed by atoms with Crippen molar-refractivity contribution < 1.29 is 4.79 Å². The fourth-order valence-corrected chi connectivity index (χ4v) is 1.94. The molecule has 1 rings (SSSR count). The van der Waals surface area contributed by atoms with Gasteiger partial charge in [0.05, 0.1) is 0 Å². The van der Waals surface area contributed by atoms with Gasteiger partial charge in [-0.05, 0) is 18.8 Å². The molecule has 0 N–H and O–H groups in total. The first-order chi connectivity index (χ1) is 6.77. The molecule has 1 fully saturated rings. The van der Waals surface area contributed by atoms with Crippen LogP contribution in [0.15, 0.2) is 0 Å². The molecule has 0 aromatic rings. The summed E-state index contributed by atoms with van der Waals surface area (Å²) in [4.78, 5) is 13.6. The molecule has 0 spiro atoms. The molecule has 0 aliphatic carbocycles. The second-order valence-electron chi connectivity index (χ2n) is 3.94. The molecule has 1 unspecified atom stereocenters. The van der Waals surface area contributed by atoms with Crippen LogP contribution in [0.3, 0.4) is 0 Å². The van der Waals surface area contributed by atoms with E-state index >= 15 is 0 Å². The summed E-state index contributed by atoms with van der Waals surface area (Å²) in [6.45, 7) is 3.84. The minimum atomic E-state index is 0.288. The summed E-state index contributed by atoms with van der Waals surface area (Å²) < 4.78 is 0. The maximum Gasteiger partial charge on any atom is 0.222 e. The monoisotopic (exact) mass is 193 g/mol. The number of terminal acetylenes is 1. The molecule has 78 valence electrons. The zero-order valence-corrected chi connectivity index (χ0v) is 8.96. The van der Waals surface area contributed by atoms with Gasteiger partial charge in [0.2, 0.25) is 5.91 Å². The Morgan fingerprint density at radius 2 is 2.36 bits per heavy atom. The zero-order chi connectivity index (χ0) is 10.4. The van der Waals surface area contributed by atoms with Crippen molar-refractivity contribution in [2.24, 2.45) is 5.92 Å². The van der Waals surface area contributed by atoms with E-state index in [4.69, 9.17) is 6.42 Å². The first-order valence-electron chi connectivity index (χ1n) is 5.49. The fourth-order valence-electron chi connectivity index (χ4n) is 1.94. The van der Waals surface area contributed by atoms with Crippen molar-refractivity contribution in [1.29, 1.82) is 0 Å². The van der Waals surface area contributed by atoms with Crippen molar-refractivity contribution in [3.8, 4) is 12.3 Å². The predicted octanol–water partition coefficient (Wildman–Crippen LogP) is 2.05. The molecule has 0 radical (unpaired) electrons. The molecule has 1 atom stereocenters. The number of amides is 1. The smallest absolute Gasteiger partial charge is 0.222 e. The van der Waals surface area contributed by atoms with Gasteiger partial charge in [-0.2, -0.15) is 0 Å². The minimum Gasteiger partial charge on any atom is -0.342 e. The Labute approximate surface area is 86.7 Å². The summed E-state index contributed by atoms with van der Waals surface area (Å²) in [6, 6.07) is 0. The first-order valence-corrected chi connectivity index (χ1v) is 5.49. The Morgan fingerprint density at radius 1 is 1.57 bits per heavy atom. The van der Waals surface area contributed by atoms with E-state index in [-0.39, 0.29) is 5.91 Å². The Morgan fingerprint density at radius 3 is 3.00 bits per heavy atom. The van der Waals surface area contributed by atoms with Gasteiger partial charge in [-0.15, -0.1) is 12.3 Å². The molecule has 2 heteroatoms. The molecule has 0 saturated carbocycles. The molecule has 0 aromatic carbocycles. The number of hydrogen-bond donors (Lipinski definition) is 0. The van der Waals surface area contributed by atoms with Crippen LogP contribution in [0, 0.1) is 18.3 Å². The van der Waals surface area contributed by atoms with Crippen LogP contribution in [0.5, 0.6) is 0 Å².